The molecule has 0 aliphatic heterocycles. The Kier molecular flexibility index (Phi) is 5.35. The van der Waals surface area contributed by atoms with E-state index in [1.54, 1.807) is 30.3 Å². The first-order valence-electron chi connectivity index (χ1n) is 8.70. The number of hydrogen-bond donors (Lipinski definition) is 2. The maximum Gasteiger partial charge on any atom is 0.276 e. The minimum atomic E-state index is -0.270. The van der Waals surface area contributed by atoms with E-state index in [1.165, 1.54) is 12.5 Å². The molecule has 0 radical (unpaired) electrons. The third-order valence-corrected chi connectivity index (χ3v) is 4.13. The van der Waals surface area contributed by atoms with E-state index in [4.69, 9.17) is 0 Å². The van der Waals surface area contributed by atoms with Crippen LogP contribution in [0.5, 0.6) is 0 Å². The molecule has 0 aliphatic rings. The van der Waals surface area contributed by atoms with E-state index in [0.717, 1.165) is 11.3 Å². The molecule has 2 amide bonds. The Morgan fingerprint density at radius 1 is 0.926 bits per heavy atom. The molecular formula is C21H22N4O2. The van der Waals surface area contributed by atoms with Crippen LogP contribution in [0, 0.1) is 13.8 Å². The lowest BCUT2D eigenvalue weighted by atomic mass is 10.1. The fourth-order valence-electron chi connectivity index (χ4n) is 2.68. The Hall–Kier alpha value is -3.41. The van der Waals surface area contributed by atoms with Crippen molar-refractivity contribution in [2.45, 2.75) is 27.3 Å². The number of nitrogens with zero attached hydrogens (tertiary/aromatic N) is 2. The summed E-state index contributed by atoms with van der Waals surface area (Å²) >= 11 is 0. The van der Waals surface area contributed by atoms with Crippen molar-refractivity contribution in [2.24, 2.45) is 0 Å². The standard InChI is InChI=1S/C21H22N4O2/c1-14-4-6-17(7-5-14)13-25-15(2)12-20(24-25)21(27)23-19-10-8-18(9-11-19)22-16(3)26/h4-12H,13H2,1-3H3,(H,22,26)(H,23,27). The summed E-state index contributed by atoms with van der Waals surface area (Å²) in [5.41, 5.74) is 4.94. The summed E-state index contributed by atoms with van der Waals surface area (Å²) < 4.78 is 1.82. The second-order valence-electron chi connectivity index (χ2n) is 6.53. The second-order valence-corrected chi connectivity index (χ2v) is 6.53. The van der Waals surface area contributed by atoms with E-state index in [1.807, 2.05) is 18.5 Å². The molecule has 0 spiro atoms. The Labute approximate surface area is 158 Å². The van der Waals surface area contributed by atoms with Gasteiger partial charge >= 0.3 is 0 Å². The molecule has 3 rings (SSSR count). The molecule has 0 unspecified atom stereocenters. The van der Waals surface area contributed by atoms with Crippen molar-refractivity contribution >= 4 is 23.2 Å². The van der Waals surface area contributed by atoms with Crippen LogP contribution < -0.4 is 10.6 Å². The molecule has 1 heterocycles. The molecule has 3 aromatic rings. The topological polar surface area (TPSA) is 76.0 Å². The van der Waals surface area contributed by atoms with E-state index in [0.29, 0.717) is 23.6 Å². The Morgan fingerprint density at radius 2 is 1.52 bits per heavy atom. The van der Waals surface area contributed by atoms with Crippen molar-refractivity contribution in [2.75, 3.05) is 10.6 Å². The fraction of sp³-hybridized carbons (Fsp3) is 0.190. The number of carbonyl (C=O) groups is 2. The zero-order valence-electron chi connectivity index (χ0n) is 15.6. The SMILES string of the molecule is CC(=O)Nc1ccc(NC(=O)c2cc(C)n(Cc3ccc(C)cc3)n2)cc1. The predicted molar refractivity (Wildman–Crippen MR) is 106 cm³/mol. The number of benzene rings is 2. The molecule has 0 atom stereocenters. The van der Waals surface area contributed by atoms with Crippen LogP contribution >= 0.6 is 0 Å². The molecular weight excluding hydrogens is 340 g/mol. The van der Waals surface area contributed by atoms with E-state index in [2.05, 4.69) is 40.0 Å². The number of hydrogen-bond acceptors (Lipinski definition) is 3. The number of aromatic nitrogens is 2. The maximum absolute atomic E-state index is 12.5. The molecule has 0 fully saturated rings. The molecule has 1 aromatic heterocycles. The van der Waals surface area contributed by atoms with Gasteiger partial charge in [0.15, 0.2) is 5.69 Å². The summed E-state index contributed by atoms with van der Waals surface area (Å²) in [5, 5.41) is 9.94. The summed E-state index contributed by atoms with van der Waals surface area (Å²) in [6.07, 6.45) is 0. The minimum Gasteiger partial charge on any atom is -0.326 e. The Bertz CT molecular complexity index is 957. The van der Waals surface area contributed by atoms with Gasteiger partial charge in [-0.3, -0.25) is 14.3 Å². The van der Waals surface area contributed by atoms with Gasteiger partial charge in [0, 0.05) is 24.0 Å². The molecule has 0 bridgehead atoms. The molecule has 138 valence electrons. The first-order valence-corrected chi connectivity index (χ1v) is 8.70. The lowest BCUT2D eigenvalue weighted by Crippen LogP contribution is -2.14. The molecule has 2 aromatic carbocycles. The molecule has 0 aliphatic carbocycles. The minimum absolute atomic E-state index is 0.138. The van der Waals surface area contributed by atoms with Crippen LogP contribution in [-0.4, -0.2) is 21.6 Å². The lowest BCUT2D eigenvalue weighted by Gasteiger charge is -2.06. The smallest absolute Gasteiger partial charge is 0.276 e. The van der Waals surface area contributed by atoms with Crippen molar-refractivity contribution in [1.82, 2.24) is 9.78 Å². The van der Waals surface area contributed by atoms with E-state index >= 15 is 0 Å². The summed E-state index contributed by atoms with van der Waals surface area (Å²) in [4.78, 5) is 23.5. The van der Waals surface area contributed by atoms with Crippen molar-refractivity contribution in [3.8, 4) is 0 Å². The van der Waals surface area contributed by atoms with Crippen molar-refractivity contribution in [1.29, 1.82) is 0 Å². The van der Waals surface area contributed by atoms with Crippen LogP contribution in [0.3, 0.4) is 0 Å². The molecule has 6 nitrogen and oxygen atoms in total. The maximum atomic E-state index is 12.5. The van der Waals surface area contributed by atoms with Crippen LogP contribution in [0.15, 0.2) is 54.6 Å². The Morgan fingerprint density at radius 3 is 2.11 bits per heavy atom. The van der Waals surface area contributed by atoms with Gasteiger partial charge in [0.25, 0.3) is 5.91 Å². The third-order valence-electron chi connectivity index (χ3n) is 4.13. The van der Waals surface area contributed by atoms with Crippen LogP contribution in [0.1, 0.15) is 34.2 Å². The summed E-state index contributed by atoms with van der Waals surface area (Å²) in [6.45, 7) is 6.05. The summed E-state index contributed by atoms with van der Waals surface area (Å²) in [6, 6.07) is 17.0. The van der Waals surface area contributed by atoms with Gasteiger partial charge < -0.3 is 10.6 Å². The largest absolute Gasteiger partial charge is 0.326 e. The van der Waals surface area contributed by atoms with Crippen LogP contribution in [-0.2, 0) is 11.3 Å². The van der Waals surface area contributed by atoms with Crippen molar-refractivity contribution in [3.05, 3.63) is 77.1 Å². The first-order chi connectivity index (χ1) is 12.9. The van der Waals surface area contributed by atoms with Crippen molar-refractivity contribution in [3.63, 3.8) is 0 Å². The Balaban J connectivity index is 1.68. The third kappa shape index (κ3) is 4.82. The molecule has 6 heteroatoms. The van der Waals surface area contributed by atoms with Gasteiger partial charge in [0.1, 0.15) is 0 Å². The highest BCUT2D eigenvalue weighted by Gasteiger charge is 2.13. The van der Waals surface area contributed by atoms with Crippen LogP contribution in [0.25, 0.3) is 0 Å². The normalized spacial score (nSPS) is 10.5. The van der Waals surface area contributed by atoms with Gasteiger partial charge in [0.05, 0.1) is 6.54 Å². The van der Waals surface area contributed by atoms with Gasteiger partial charge in [-0.1, -0.05) is 29.8 Å². The van der Waals surface area contributed by atoms with Crippen LogP contribution in [0.4, 0.5) is 11.4 Å². The lowest BCUT2D eigenvalue weighted by molar-refractivity contribution is -0.114. The molecule has 0 saturated heterocycles. The highest BCUT2D eigenvalue weighted by molar-refractivity contribution is 6.03. The second kappa shape index (κ2) is 7.86. The van der Waals surface area contributed by atoms with Gasteiger partial charge in [-0.05, 0) is 49.7 Å². The monoisotopic (exact) mass is 362 g/mol. The summed E-state index contributed by atoms with van der Waals surface area (Å²) in [7, 11) is 0. The van der Waals surface area contributed by atoms with Gasteiger partial charge in [0.2, 0.25) is 5.91 Å². The van der Waals surface area contributed by atoms with Gasteiger partial charge in [-0.25, -0.2) is 0 Å². The highest BCUT2D eigenvalue weighted by atomic mass is 16.2. The average Bonchev–Trinajstić information content (AvgIpc) is 2.99. The van der Waals surface area contributed by atoms with Crippen LogP contribution in [0.2, 0.25) is 0 Å². The quantitative estimate of drug-likeness (QED) is 0.726. The number of amides is 2. The molecule has 2 N–H and O–H groups in total. The molecule has 27 heavy (non-hydrogen) atoms. The number of rotatable bonds is 5. The van der Waals surface area contributed by atoms with Gasteiger partial charge in [-0.2, -0.15) is 5.10 Å². The average molecular weight is 362 g/mol. The van der Waals surface area contributed by atoms with E-state index < -0.39 is 0 Å². The number of aryl methyl sites for hydroxylation is 2. The fourth-order valence-corrected chi connectivity index (χ4v) is 2.68. The zero-order valence-corrected chi connectivity index (χ0v) is 15.6. The number of carbonyl (C=O) groups excluding carboxylic acids is 2. The number of anilines is 2. The number of nitrogens with one attached hydrogen (secondary N) is 2. The van der Waals surface area contributed by atoms with Gasteiger partial charge in [-0.15, -0.1) is 0 Å². The van der Waals surface area contributed by atoms with E-state index in [9.17, 15) is 9.59 Å². The summed E-state index contributed by atoms with van der Waals surface area (Å²) in [5.74, 6) is -0.408. The van der Waals surface area contributed by atoms with Crippen molar-refractivity contribution < 1.29 is 9.59 Å². The highest BCUT2D eigenvalue weighted by Crippen LogP contribution is 2.15. The zero-order chi connectivity index (χ0) is 19.4. The van der Waals surface area contributed by atoms with E-state index in [-0.39, 0.29) is 11.8 Å². The molecule has 0 saturated carbocycles. The first kappa shape index (κ1) is 18.4. The predicted octanol–water partition coefficient (Wildman–Crippen LogP) is 3.76.